The lowest BCUT2D eigenvalue weighted by atomic mass is 10.1. The zero-order valence-corrected chi connectivity index (χ0v) is 9.65. The van der Waals surface area contributed by atoms with Gasteiger partial charge in [0.05, 0.1) is 16.0 Å². The summed E-state index contributed by atoms with van der Waals surface area (Å²) in [6, 6.07) is 3.28. The van der Waals surface area contributed by atoms with Crippen LogP contribution in [0.2, 0.25) is 0 Å². The molecule has 8 heteroatoms. The summed E-state index contributed by atoms with van der Waals surface area (Å²) in [6.45, 7) is 0. The Hall–Kier alpha value is -2.38. The molecule has 5 nitrogen and oxygen atoms in total. The Morgan fingerprint density at radius 3 is 2.63 bits per heavy atom. The van der Waals surface area contributed by atoms with Gasteiger partial charge in [-0.15, -0.1) is 0 Å². The standard InChI is InChI=1S/C11H8F3N3O2/c1-15-10-6-3-2-4-16-9(6)7(11(12,13)14)5-8(10)17(18)19/h2-5,15H,1H3. The highest BCUT2D eigenvalue weighted by molar-refractivity contribution is 5.98. The second-order valence-electron chi connectivity index (χ2n) is 3.72. The highest BCUT2D eigenvalue weighted by atomic mass is 19.4. The summed E-state index contributed by atoms with van der Waals surface area (Å²) < 4.78 is 38.7. The van der Waals surface area contributed by atoms with Gasteiger partial charge in [-0.25, -0.2) is 0 Å². The van der Waals surface area contributed by atoms with Gasteiger partial charge in [0.2, 0.25) is 0 Å². The Balaban J connectivity index is 2.95. The lowest BCUT2D eigenvalue weighted by Crippen LogP contribution is -2.09. The number of nitro benzene ring substituents is 1. The number of hydrogen-bond donors (Lipinski definition) is 1. The van der Waals surface area contributed by atoms with E-state index in [-0.39, 0.29) is 16.6 Å². The fourth-order valence-electron chi connectivity index (χ4n) is 1.86. The largest absolute Gasteiger partial charge is 0.418 e. The number of hydrogen-bond acceptors (Lipinski definition) is 4. The van der Waals surface area contributed by atoms with E-state index >= 15 is 0 Å². The number of benzene rings is 1. The first-order valence-electron chi connectivity index (χ1n) is 5.17. The SMILES string of the molecule is CNc1c([N+](=O)[O-])cc(C(F)(F)F)c2ncccc12. The predicted molar refractivity (Wildman–Crippen MR) is 62.9 cm³/mol. The fraction of sp³-hybridized carbons (Fsp3) is 0.182. The molecule has 0 aliphatic heterocycles. The molecule has 100 valence electrons. The number of aromatic nitrogens is 1. The van der Waals surface area contributed by atoms with Gasteiger partial charge in [0.25, 0.3) is 5.69 Å². The third-order valence-electron chi connectivity index (χ3n) is 2.62. The van der Waals surface area contributed by atoms with Crippen molar-refractivity contribution in [1.29, 1.82) is 0 Å². The summed E-state index contributed by atoms with van der Waals surface area (Å²) in [5.41, 5.74) is -2.05. The van der Waals surface area contributed by atoms with E-state index in [0.717, 1.165) is 0 Å². The molecular weight excluding hydrogens is 263 g/mol. The molecule has 0 aliphatic carbocycles. The predicted octanol–water partition coefficient (Wildman–Crippen LogP) is 3.20. The van der Waals surface area contributed by atoms with E-state index in [1.54, 1.807) is 0 Å². The van der Waals surface area contributed by atoms with E-state index in [4.69, 9.17) is 0 Å². The van der Waals surface area contributed by atoms with Crippen LogP contribution in [0.25, 0.3) is 10.9 Å². The molecule has 1 N–H and O–H groups in total. The lowest BCUT2D eigenvalue weighted by Gasteiger charge is -2.12. The number of nitrogens with zero attached hydrogens (tertiary/aromatic N) is 2. The first-order chi connectivity index (χ1) is 8.86. The van der Waals surface area contributed by atoms with Crippen LogP contribution in [0.15, 0.2) is 24.4 Å². The van der Waals surface area contributed by atoms with Crippen LogP contribution in [-0.2, 0) is 6.18 Å². The van der Waals surface area contributed by atoms with Crippen LogP contribution >= 0.6 is 0 Å². The number of pyridine rings is 1. The van der Waals surface area contributed by atoms with Crippen LogP contribution in [0.5, 0.6) is 0 Å². The van der Waals surface area contributed by atoms with Crippen molar-refractivity contribution in [1.82, 2.24) is 4.98 Å². The minimum atomic E-state index is -4.70. The van der Waals surface area contributed by atoms with Gasteiger partial charge in [0.1, 0.15) is 5.69 Å². The molecule has 0 radical (unpaired) electrons. The molecule has 1 heterocycles. The zero-order valence-electron chi connectivity index (χ0n) is 9.65. The smallest absolute Gasteiger partial charge is 0.382 e. The molecule has 0 unspecified atom stereocenters. The maximum atomic E-state index is 12.9. The summed E-state index contributed by atoms with van der Waals surface area (Å²) in [7, 11) is 1.40. The summed E-state index contributed by atoms with van der Waals surface area (Å²) in [6.07, 6.45) is -3.49. The molecule has 0 fully saturated rings. The first-order valence-corrected chi connectivity index (χ1v) is 5.17. The molecule has 2 aromatic rings. The van der Waals surface area contributed by atoms with E-state index in [9.17, 15) is 23.3 Å². The van der Waals surface area contributed by atoms with Crippen LogP contribution in [0.3, 0.4) is 0 Å². The van der Waals surface area contributed by atoms with Gasteiger partial charge in [0, 0.05) is 24.7 Å². The Labute approximate surface area is 105 Å². The second kappa shape index (κ2) is 4.38. The maximum absolute atomic E-state index is 12.9. The number of rotatable bonds is 2. The van der Waals surface area contributed by atoms with Crippen LogP contribution in [0, 0.1) is 10.1 Å². The summed E-state index contributed by atoms with van der Waals surface area (Å²) >= 11 is 0. The Morgan fingerprint density at radius 1 is 1.42 bits per heavy atom. The van der Waals surface area contributed by atoms with Gasteiger partial charge in [-0.3, -0.25) is 15.1 Å². The molecule has 0 bridgehead atoms. The number of halogens is 3. The molecule has 19 heavy (non-hydrogen) atoms. The minimum absolute atomic E-state index is 0.0149. The van der Waals surface area contributed by atoms with E-state index in [2.05, 4.69) is 10.3 Å². The van der Waals surface area contributed by atoms with Gasteiger partial charge in [0.15, 0.2) is 0 Å². The van der Waals surface area contributed by atoms with Crippen molar-refractivity contribution in [3.63, 3.8) is 0 Å². The van der Waals surface area contributed by atoms with E-state index in [1.807, 2.05) is 0 Å². The van der Waals surface area contributed by atoms with Gasteiger partial charge >= 0.3 is 6.18 Å². The van der Waals surface area contributed by atoms with Crippen molar-refractivity contribution < 1.29 is 18.1 Å². The average molecular weight is 271 g/mol. The molecule has 0 aliphatic rings. The first kappa shape index (κ1) is 13.1. The van der Waals surface area contributed by atoms with Crippen LogP contribution in [0.1, 0.15) is 5.56 Å². The van der Waals surface area contributed by atoms with Gasteiger partial charge in [-0.05, 0) is 12.1 Å². The second-order valence-corrected chi connectivity index (χ2v) is 3.72. The third-order valence-corrected chi connectivity index (χ3v) is 2.62. The average Bonchev–Trinajstić information content (AvgIpc) is 2.35. The maximum Gasteiger partial charge on any atom is 0.418 e. The van der Waals surface area contributed by atoms with Crippen molar-refractivity contribution in [2.24, 2.45) is 0 Å². The van der Waals surface area contributed by atoms with Crippen molar-refractivity contribution in [2.45, 2.75) is 6.18 Å². The van der Waals surface area contributed by atoms with E-state index in [1.165, 1.54) is 25.4 Å². The number of fused-ring (bicyclic) bond motifs is 1. The van der Waals surface area contributed by atoms with Gasteiger partial charge in [-0.2, -0.15) is 13.2 Å². The molecule has 2 rings (SSSR count). The monoisotopic (exact) mass is 271 g/mol. The van der Waals surface area contributed by atoms with Crippen molar-refractivity contribution in [3.05, 3.63) is 40.1 Å². The summed E-state index contributed by atoms with van der Waals surface area (Å²) in [5, 5.41) is 13.5. The Bertz CT molecular complexity index is 655. The highest BCUT2D eigenvalue weighted by Crippen LogP contribution is 2.41. The molecule has 0 spiro atoms. The number of alkyl halides is 3. The molecular formula is C11H8F3N3O2. The van der Waals surface area contributed by atoms with E-state index in [0.29, 0.717) is 6.07 Å². The summed E-state index contributed by atoms with van der Waals surface area (Å²) in [4.78, 5) is 13.7. The highest BCUT2D eigenvalue weighted by Gasteiger charge is 2.36. The molecule has 1 aromatic heterocycles. The quantitative estimate of drug-likeness (QED) is 0.672. The fourth-order valence-corrected chi connectivity index (χ4v) is 1.86. The minimum Gasteiger partial charge on any atom is -0.382 e. The van der Waals surface area contributed by atoms with Crippen molar-refractivity contribution in [2.75, 3.05) is 12.4 Å². The number of nitro groups is 1. The third kappa shape index (κ3) is 2.16. The van der Waals surface area contributed by atoms with Crippen molar-refractivity contribution >= 4 is 22.3 Å². The van der Waals surface area contributed by atoms with Crippen LogP contribution in [0.4, 0.5) is 24.5 Å². The van der Waals surface area contributed by atoms with Crippen LogP contribution in [-0.4, -0.2) is 17.0 Å². The van der Waals surface area contributed by atoms with Gasteiger partial charge < -0.3 is 5.32 Å². The van der Waals surface area contributed by atoms with Crippen LogP contribution < -0.4 is 5.32 Å². The van der Waals surface area contributed by atoms with E-state index < -0.39 is 22.4 Å². The summed E-state index contributed by atoms with van der Waals surface area (Å²) in [5.74, 6) is 0. The van der Waals surface area contributed by atoms with Crippen molar-refractivity contribution in [3.8, 4) is 0 Å². The normalized spacial score (nSPS) is 11.6. The zero-order chi connectivity index (χ0) is 14.2. The Kier molecular flexibility index (Phi) is 3.01. The topological polar surface area (TPSA) is 68.1 Å². The number of anilines is 1. The van der Waals surface area contributed by atoms with Gasteiger partial charge in [-0.1, -0.05) is 0 Å². The molecule has 0 atom stereocenters. The molecule has 0 saturated carbocycles. The number of nitrogens with one attached hydrogen (secondary N) is 1. The Morgan fingerprint density at radius 2 is 2.11 bits per heavy atom. The molecule has 1 aromatic carbocycles. The molecule has 0 saturated heterocycles. The lowest BCUT2D eigenvalue weighted by molar-refractivity contribution is -0.384. The molecule has 0 amide bonds.